The summed E-state index contributed by atoms with van der Waals surface area (Å²) in [6, 6.07) is 8.50. The highest BCUT2D eigenvalue weighted by Crippen LogP contribution is 2.28. The van der Waals surface area contributed by atoms with E-state index in [9.17, 15) is 14.4 Å². The zero-order chi connectivity index (χ0) is 16.3. The van der Waals surface area contributed by atoms with Gasteiger partial charge in [0.2, 0.25) is 5.91 Å². The van der Waals surface area contributed by atoms with Gasteiger partial charge in [-0.3, -0.25) is 9.59 Å². The second kappa shape index (κ2) is 6.30. The van der Waals surface area contributed by atoms with Crippen molar-refractivity contribution < 1.29 is 19.1 Å². The third-order valence-electron chi connectivity index (χ3n) is 3.66. The lowest BCUT2D eigenvalue weighted by Crippen LogP contribution is -2.46. The molecule has 118 valence electrons. The molecule has 22 heavy (non-hydrogen) atoms. The van der Waals surface area contributed by atoms with Crippen LogP contribution >= 0.6 is 0 Å². The molecule has 1 aromatic rings. The highest BCUT2D eigenvalue weighted by atomic mass is 16.6. The number of carbonyl (C=O) groups is 3. The summed E-state index contributed by atoms with van der Waals surface area (Å²) in [7, 11) is 0. The fraction of sp³-hybridized carbons (Fsp3) is 0.471. The van der Waals surface area contributed by atoms with Crippen LogP contribution < -0.4 is 0 Å². The zero-order valence-electron chi connectivity index (χ0n) is 13.2. The van der Waals surface area contributed by atoms with Gasteiger partial charge < -0.3 is 4.74 Å². The van der Waals surface area contributed by atoms with E-state index >= 15 is 0 Å². The van der Waals surface area contributed by atoms with Gasteiger partial charge in [0.25, 0.3) is 0 Å². The van der Waals surface area contributed by atoms with Gasteiger partial charge in [0.1, 0.15) is 12.6 Å². The molecule has 5 heteroatoms. The van der Waals surface area contributed by atoms with E-state index in [1.807, 2.05) is 30.3 Å². The number of ketones is 1. The minimum Gasteiger partial charge on any atom is -0.444 e. The Balaban J connectivity index is 2.06. The van der Waals surface area contributed by atoms with Gasteiger partial charge in [0.15, 0.2) is 5.78 Å². The van der Waals surface area contributed by atoms with Crippen LogP contribution in [0.5, 0.6) is 0 Å². The molecule has 2 rings (SSSR count). The molecule has 1 aromatic carbocycles. The van der Waals surface area contributed by atoms with Crippen LogP contribution in [0.3, 0.4) is 0 Å². The Hall–Kier alpha value is -2.17. The highest BCUT2D eigenvalue weighted by molar-refractivity contribution is 6.02. The summed E-state index contributed by atoms with van der Waals surface area (Å²) >= 11 is 0. The van der Waals surface area contributed by atoms with Crippen molar-refractivity contribution in [2.75, 3.05) is 0 Å². The third kappa shape index (κ3) is 3.53. The largest absolute Gasteiger partial charge is 0.444 e. The van der Waals surface area contributed by atoms with Gasteiger partial charge in [-0.25, -0.2) is 9.69 Å². The van der Waals surface area contributed by atoms with Crippen molar-refractivity contribution in [1.82, 2.24) is 4.90 Å². The Kier molecular flexibility index (Phi) is 4.64. The van der Waals surface area contributed by atoms with E-state index in [0.717, 1.165) is 10.5 Å². The molecule has 1 atom stereocenters. The molecule has 1 saturated heterocycles. The van der Waals surface area contributed by atoms with Crippen LogP contribution in [0.15, 0.2) is 30.3 Å². The lowest BCUT2D eigenvalue weighted by atomic mass is 9.85. The summed E-state index contributed by atoms with van der Waals surface area (Å²) in [4.78, 5) is 37.5. The standard InChI is InChI=1S/C17H21NO4/c1-17(2,3)15(20)13-9-10-14(19)18(13)16(21)22-11-12-7-5-4-6-8-12/h4-8,13H,9-11H2,1-3H3/t13-/m0/s1. The number of hydrogen-bond acceptors (Lipinski definition) is 4. The maximum absolute atomic E-state index is 12.4. The molecule has 2 amide bonds. The second-order valence-corrected chi connectivity index (χ2v) is 6.47. The maximum Gasteiger partial charge on any atom is 0.417 e. The first-order valence-corrected chi connectivity index (χ1v) is 7.38. The fourth-order valence-electron chi connectivity index (χ4n) is 2.45. The number of amides is 2. The SMILES string of the molecule is CC(C)(C)C(=O)[C@@H]1CCC(=O)N1C(=O)OCc1ccccc1. The Morgan fingerprint density at radius 3 is 2.45 bits per heavy atom. The lowest BCUT2D eigenvalue weighted by Gasteiger charge is -2.27. The molecule has 0 unspecified atom stereocenters. The van der Waals surface area contributed by atoms with Crippen molar-refractivity contribution in [3.63, 3.8) is 0 Å². The van der Waals surface area contributed by atoms with Crippen LogP contribution in [0.4, 0.5) is 4.79 Å². The van der Waals surface area contributed by atoms with Crippen molar-refractivity contribution in [2.45, 2.75) is 46.3 Å². The minimum absolute atomic E-state index is 0.0832. The second-order valence-electron chi connectivity index (χ2n) is 6.47. The molecule has 0 N–H and O–H groups in total. The topological polar surface area (TPSA) is 63.7 Å². The summed E-state index contributed by atoms with van der Waals surface area (Å²) in [6.45, 7) is 5.43. The summed E-state index contributed by atoms with van der Waals surface area (Å²) in [5.41, 5.74) is 0.231. The predicted octanol–water partition coefficient (Wildman–Crippen LogP) is 2.93. The van der Waals surface area contributed by atoms with E-state index in [-0.39, 0.29) is 24.7 Å². The van der Waals surface area contributed by atoms with Gasteiger partial charge >= 0.3 is 6.09 Å². The summed E-state index contributed by atoms with van der Waals surface area (Å²) in [5.74, 6) is -0.462. The number of likely N-dealkylation sites (tertiary alicyclic amines) is 1. The third-order valence-corrected chi connectivity index (χ3v) is 3.66. The molecule has 0 aromatic heterocycles. The monoisotopic (exact) mass is 303 g/mol. The molecule has 0 saturated carbocycles. The number of hydrogen-bond donors (Lipinski definition) is 0. The van der Waals surface area contributed by atoms with E-state index in [0.29, 0.717) is 6.42 Å². The molecular weight excluding hydrogens is 282 g/mol. The number of Topliss-reactive ketones (excluding diaryl/α,β-unsaturated/α-hetero) is 1. The number of ether oxygens (including phenoxy) is 1. The van der Waals surface area contributed by atoms with Gasteiger partial charge in [-0.2, -0.15) is 0 Å². The maximum atomic E-state index is 12.4. The zero-order valence-corrected chi connectivity index (χ0v) is 13.2. The van der Waals surface area contributed by atoms with Gasteiger partial charge in [-0.1, -0.05) is 51.1 Å². The highest BCUT2D eigenvalue weighted by Gasteiger charge is 2.44. The summed E-state index contributed by atoms with van der Waals surface area (Å²) in [5, 5.41) is 0. The number of nitrogens with zero attached hydrogens (tertiary/aromatic N) is 1. The fourth-order valence-corrected chi connectivity index (χ4v) is 2.45. The quantitative estimate of drug-likeness (QED) is 0.861. The Labute approximate surface area is 130 Å². The average Bonchev–Trinajstić information content (AvgIpc) is 2.85. The smallest absolute Gasteiger partial charge is 0.417 e. The Morgan fingerprint density at radius 1 is 1.23 bits per heavy atom. The molecule has 1 aliphatic rings. The summed E-state index contributed by atoms with van der Waals surface area (Å²) in [6.07, 6.45) is -0.170. The molecule has 1 aliphatic heterocycles. The minimum atomic E-state index is -0.742. The van der Waals surface area contributed by atoms with Crippen LogP contribution in [-0.4, -0.2) is 28.7 Å². The molecule has 5 nitrogen and oxygen atoms in total. The van der Waals surface area contributed by atoms with Crippen molar-refractivity contribution in [3.05, 3.63) is 35.9 Å². The van der Waals surface area contributed by atoms with Crippen LogP contribution in [0.25, 0.3) is 0 Å². The van der Waals surface area contributed by atoms with Crippen molar-refractivity contribution >= 4 is 17.8 Å². The predicted molar refractivity (Wildman–Crippen MR) is 81.0 cm³/mol. The van der Waals surface area contributed by atoms with E-state index < -0.39 is 17.6 Å². The van der Waals surface area contributed by atoms with E-state index in [2.05, 4.69) is 0 Å². The van der Waals surface area contributed by atoms with Crippen LogP contribution in [0.2, 0.25) is 0 Å². The normalized spacial score (nSPS) is 18.4. The molecule has 1 fully saturated rings. The van der Waals surface area contributed by atoms with E-state index in [1.54, 1.807) is 20.8 Å². The number of benzene rings is 1. The molecule has 1 heterocycles. The van der Waals surface area contributed by atoms with Crippen molar-refractivity contribution in [3.8, 4) is 0 Å². The van der Waals surface area contributed by atoms with Crippen molar-refractivity contribution in [1.29, 1.82) is 0 Å². The van der Waals surface area contributed by atoms with Gasteiger partial charge in [-0.05, 0) is 12.0 Å². The first kappa shape index (κ1) is 16.2. The molecule has 0 radical (unpaired) electrons. The summed E-state index contributed by atoms with van der Waals surface area (Å²) < 4.78 is 5.19. The van der Waals surface area contributed by atoms with Crippen molar-refractivity contribution in [2.24, 2.45) is 5.41 Å². The molecule has 0 spiro atoms. The Morgan fingerprint density at radius 2 is 1.86 bits per heavy atom. The number of rotatable bonds is 3. The van der Waals surface area contributed by atoms with Crippen LogP contribution in [-0.2, 0) is 20.9 Å². The van der Waals surface area contributed by atoms with E-state index in [4.69, 9.17) is 4.74 Å². The first-order chi connectivity index (χ1) is 10.3. The van der Waals surface area contributed by atoms with E-state index in [1.165, 1.54) is 0 Å². The van der Waals surface area contributed by atoms with Crippen LogP contribution in [0.1, 0.15) is 39.2 Å². The molecule has 0 bridgehead atoms. The Bertz CT molecular complexity index is 574. The van der Waals surface area contributed by atoms with Gasteiger partial charge in [0.05, 0.1) is 0 Å². The van der Waals surface area contributed by atoms with Gasteiger partial charge in [0, 0.05) is 11.8 Å². The number of imide groups is 1. The average molecular weight is 303 g/mol. The van der Waals surface area contributed by atoms with Crippen LogP contribution in [0, 0.1) is 5.41 Å². The first-order valence-electron chi connectivity index (χ1n) is 7.38. The molecule has 0 aliphatic carbocycles. The number of carbonyl (C=O) groups excluding carboxylic acids is 3. The molecular formula is C17H21NO4. The van der Waals surface area contributed by atoms with Gasteiger partial charge in [-0.15, -0.1) is 0 Å². The lowest BCUT2D eigenvalue weighted by molar-refractivity contribution is -0.136.